The van der Waals surface area contributed by atoms with Gasteiger partial charge in [-0.25, -0.2) is 0 Å². The van der Waals surface area contributed by atoms with Crippen molar-refractivity contribution in [2.24, 2.45) is 17.6 Å². The molecule has 1 aliphatic rings. The lowest BCUT2D eigenvalue weighted by atomic mass is 9.97. The molecule has 1 aromatic carbocycles. The number of nitrogens with two attached hydrogens (primary N) is 1. The largest absolute Gasteiger partial charge is 0.341 e. The molecule has 0 aromatic heterocycles. The summed E-state index contributed by atoms with van der Waals surface area (Å²) in [4.78, 5) is 14.4. The van der Waals surface area contributed by atoms with E-state index in [2.05, 4.69) is 13.8 Å². The van der Waals surface area contributed by atoms with Crippen LogP contribution in [-0.4, -0.2) is 23.9 Å². The van der Waals surface area contributed by atoms with Crippen LogP contribution in [0.5, 0.6) is 0 Å². The zero-order valence-corrected chi connectivity index (χ0v) is 12.8. The summed E-state index contributed by atoms with van der Waals surface area (Å²) in [6.45, 7) is 8.24. The van der Waals surface area contributed by atoms with E-state index >= 15 is 0 Å². The number of likely N-dealkylation sites (tertiary alicyclic amines) is 1. The topological polar surface area (TPSA) is 46.3 Å². The molecule has 20 heavy (non-hydrogen) atoms. The van der Waals surface area contributed by atoms with Gasteiger partial charge in [0.1, 0.15) is 6.04 Å². The standard InChI is InChI=1S/C17H26N2O/c1-12(2)10-14-8-9-19(11-14)17(20)16(18)15-6-4-13(3)5-7-15/h4-7,12,14,16H,8-11,18H2,1-3H3. The average molecular weight is 274 g/mol. The van der Waals surface area contributed by atoms with Crippen LogP contribution >= 0.6 is 0 Å². The minimum Gasteiger partial charge on any atom is -0.341 e. The molecule has 0 bridgehead atoms. The first-order valence-corrected chi connectivity index (χ1v) is 7.58. The summed E-state index contributed by atoms with van der Waals surface area (Å²) in [7, 11) is 0. The highest BCUT2D eigenvalue weighted by molar-refractivity contribution is 5.83. The lowest BCUT2D eigenvalue weighted by Crippen LogP contribution is -2.37. The van der Waals surface area contributed by atoms with E-state index in [0.717, 1.165) is 25.1 Å². The molecule has 0 spiro atoms. The molecule has 0 radical (unpaired) electrons. The molecule has 1 aliphatic heterocycles. The maximum atomic E-state index is 12.5. The van der Waals surface area contributed by atoms with Crippen LogP contribution in [0.25, 0.3) is 0 Å². The van der Waals surface area contributed by atoms with Crippen LogP contribution in [0, 0.1) is 18.8 Å². The maximum absolute atomic E-state index is 12.5. The Morgan fingerprint density at radius 2 is 2.00 bits per heavy atom. The first kappa shape index (κ1) is 15.0. The predicted molar refractivity (Wildman–Crippen MR) is 82.2 cm³/mol. The molecular weight excluding hydrogens is 248 g/mol. The molecular formula is C17H26N2O. The molecule has 2 unspecified atom stereocenters. The average Bonchev–Trinajstić information content (AvgIpc) is 2.85. The number of nitrogens with zero attached hydrogens (tertiary/aromatic N) is 1. The van der Waals surface area contributed by atoms with Crippen LogP contribution in [0.2, 0.25) is 0 Å². The third-order valence-electron chi connectivity index (χ3n) is 4.10. The van der Waals surface area contributed by atoms with Gasteiger partial charge in [0.2, 0.25) is 5.91 Å². The Hall–Kier alpha value is -1.35. The third-order valence-corrected chi connectivity index (χ3v) is 4.10. The molecule has 1 aromatic rings. The number of benzene rings is 1. The van der Waals surface area contributed by atoms with Crippen molar-refractivity contribution >= 4 is 5.91 Å². The molecule has 2 rings (SSSR count). The Morgan fingerprint density at radius 1 is 1.35 bits per heavy atom. The molecule has 1 fully saturated rings. The highest BCUT2D eigenvalue weighted by Gasteiger charge is 2.30. The van der Waals surface area contributed by atoms with E-state index in [9.17, 15) is 4.79 Å². The molecule has 1 amide bonds. The van der Waals surface area contributed by atoms with Crippen molar-refractivity contribution in [1.82, 2.24) is 4.90 Å². The van der Waals surface area contributed by atoms with E-state index in [4.69, 9.17) is 5.73 Å². The predicted octanol–water partition coefficient (Wildman–Crippen LogP) is 2.89. The SMILES string of the molecule is Cc1ccc(C(N)C(=O)N2CCC(CC(C)C)C2)cc1. The van der Waals surface area contributed by atoms with Crippen LogP contribution in [0.3, 0.4) is 0 Å². The van der Waals surface area contributed by atoms with Gasteiger partial charge < -0.3 is 10.6 Å². The van der Waals surface area contributed by atoms with E-state index in [1.165, 1.54) is 12.0 Å². The van der Waals surface area contributed by atoms with Crippen LogP contribution in [0.1, 0.15) is 43.9 Å². The fourth-order valence-electron chi connectivity index (χ4n) is 3.00. The normalized spacial score (nSPS) is 20.4. The van der Waals surface area contributed by atoms with E-state index in [1.807, 2.05) is 36.1 Å². The van der Waals surface area contributed by atoms with Gasteiger partial charge in [-0.3, -0.25) is 4.79 Å². The Balaban J connectivity index is 1.96. The molecule has 2 N–H and O–H groups in total. The van der Waals surface area contributed by atoms with Crippen molar-refractivity contribution in [1.29, 1.82) is 0 Å². The molecule has 3 heteroatoms. The van der Waals surface area contributed by atoms with E-state index in [-0.39, 0.29) is 5.91 Å². The first-order chi connectivity index (χ1) is 9.47. The van der Waals surface area contributed by atoms with E-state index < -0.39 is 6.04 Å². The highest BCUT2D eigenvalue weighted by Crippen LogP contribution is 2.25. The van der Waals surface area contributed by atoms with Crippen molar-refractivity contribution < 1.29 is 4.79 Å². The van der Waals surface area contributed by atoms with Crippen LogP contribution in [-0.2, 0) is 4.79 Å². The third kappa shape index (κ3) is 3.60. The summed E-state index contributed by atoms with van der Waals surface area (Å²) in [5.74, 6) is 1.41. The van der Waals surface area contributed by atoms with Crippen LogP contribution < -0.4 is 5.73 Å². The summed E-state index contributed by atoms with van der Waals surface area (Å²) < 4.78 is 0. The van der Waals surface area contributed by atoms with Crippen molar-refractivity contribution in [3.8, 4) is 0 Å². The van der Waals surface area contributed by atoms with Gasteiger partial charge in [-0.05, 0) is 37.2 Å². The Kier molecular flexibility index (Phi) is 4.81. The van der Waals surface area contributed by atoms with E-state index in [1.54, 1.807) is 0 Å². The summed E-state index contributed by atoms with van der Waals surface area (Å²) in [6.07, 6.45) is 2.31. The minimum atomic E-state index is -0.520. The molecule has 1 saturated heterocycles. The molecule has 3 nitrogen and oxygen atoms in total. The lowest BCUT2D eigenvalue weighted by Gasteiger charge is -2.21. The van der Waals surface area contributed by atoms with Crippen LogP contribution in [0.15, 0.2) is 24.3 Å². The Labute approximate surface area is 122 Å². The maximum Gasteiger partial charge on any atom is 0.244 e. The van der Waals surface area contributed by atoms with Crippen molar-refractivity contribution in [2.75, 3.05) is 13.1 Å². The summed E-state index contributed by atoms with van der Waals surface area (Å²) in [6, 6.07) is 7.41. The smallest absolute Gasteiger partial charge is 0.244 e. The Morgan fingerprint density at radius 3 is 2.60 bits per heavy atom. The van der Waals surface area contributed by atoms with Gasteiger partial charge in [0.05, 0.1) is 0 Å². The van der Waals surface area contributed by atoms with Gasteiger partial charge in [-0.15, -0.1) is 0 Å². The zero-order valence-electron chi connectivity index (χ0n) is 12.8. The number of carbonyl (C=O) groups excluding carboxylic acids is 1. The molecule has 0 aliphatic carbocycles. The number of amides is 1. The van der Waals surface area contributed by atoms with Gasteiger partial charge >= 0.3 is 0 Å². The number of aryl methyl sites for hydroxylation is 1. The Bertz CT molecular complexity index is 453. The highest BCUT2D eigenvalue weighted by atomic mass is 16.2. The van der Waals surface area contributed by atoms with Gasteiger partial charge in [0.25, 0.3) is 0 Å². The fraction of sp³-hybridized carbons (Fsp3) is 0.588. The second-order valence-electron chi connectivity index (χ2n) is 6.46. The van der Waals surface area contributed by atoms with Gasteiger partial charge in [-0.1, -0.05) is 43.7 Å². The zero-order chi connectivity index (χ0) is 14.7. The van der Waals surface area contributed by atoms with Crippen molar-refractivity contribution in [2.45, 2.75) is 39.7 Å². The van der Waals surface area contributed by atoms with Gasteiger partial charge in [0.15, 0.2) is 0 Å². The number of carbonyl (C=O) groups is 1. The second kappa shape index (κ2) is 6.40. The summed E-state index contributed by atoms with van der Waals surface area (Å²) in [5.41, 5.74) is 8.22. The molecule has 0 saturated carbocycles. The van der Waals surface area contributed by atoms with Gasteiger partial charge in [-0.2, -0.15) is 0 Å². The number of rotatable bonds is 4. The van der Waals surface area contributed by atoms with Crippen LogP contribution in [0.4, 0.5) is 0 Å². The van der Waals surface area contributed by atoms with Crippen molar-refractivity contribution in [3.63, 3.8) is 0 Å². The second-order valence-corrected chi connectivity index (χ2v) is 6.46. The summed E-state index contributed by atoms with van der Waals surface area (Å²) in [5, 5.41) is 0. The number of hydrogen-bond donors (Lipinski definition) is 1. The molecule has 2 atom stereocenters. The first-order valence-electron chi connectivity index (χ1n) is 7.58. The quantitative estimate of drug-likeness (QED) is 0.917. The molecule has 1 heterocycles. The fourth-order valence-corrected chi connectivity index (χ4v) is 3.00. The minimum absolute atomic E-state index is 0.0695. The van der Waals surface area contributed by atoms with Gasteiger partial charge in [0, 0.05) is 13.1 Å². The number of hydrogen-bond acceptors (Lipinski definition) is 2. The monoisotopic (exact) mass is 274 g/mol. The van der Waals surface area contributed by atoms with E-state index in [0.29, 0.717) is 11.8 Å². The summed E-state index contributed by atoms with van der Waals surface area (Å²) >= 11 is 0. The molecule has 110 valence electrons. The van der Waals surface area contributed by atoms with Crippen molar-refractivity contribution in [3.05, 3.63) is 35.4 Å². The lowest BCUT2D eigenvalue weighted by molar-refractivity contribution is -0.131.